The average molecular weight is 214 g/mol. The second kappa shape index (κ2) is 5.28. The molecule has 1 aliphatic heterocycles. The van der Waals surface area contributed by atoms with Crippen LogP contribution in [0.15, 0.2) is 0 Å². The molecular weight excluding hydrogens is 188 g/mol. The van der Waals surface area contributed by atoms with Gasteiger partial charge in [0, 0.05) is 32.8 Å². The van der Waals surface area contributed by atoms with E-state index in [0.717, 1.165) is 26.1 Å². The summed E-state index contributed by atoms with van der Waals surface area (Å²) in [5.41, 5.74) is 0.383. The van der Waals surface area contributed by atoms with Crippen molar-refractivity contribution in [2.75, 3.05) is 33.8 Å². The molecular formula is C12H26N2O. The van der Waals surface area contributed by atoms with Gasteiger partial charge in [0.25, 0.3) is 0 Å². The Morgan fingerprint density at radius 1 is 1.40 bits per heavy atom. The molecule has 15 heavy (non-hydrogen) atoms. The molecule has 0 saturated carbocycles. The van der Waals surface area contributed by atoms with E-state index < -0.39 is 0 Å². The van der Waals surface area contributed by atoms with E-state index in [9.17, 15) is 0 Å². The van der Waals surface area contributed by atoms with Gasteiger partial charge in [0.05, 0.1) is 6.10 Å². The van der Waals surface area contributed by atoms with Crippen LogP contribution in [-0.4, -0.2) is 50.8 Å². The minimum Gasteiger partial charge on any atom is -0.380 e. The van der Waals surface area contributed by atoms with Gasteiger partial charge in [0.1, 0.15) is 0 Å². The maximum absolute atomic E-state index is 5.34. The molecule has 1 saturated heterocycles. The predicted octanol–water partition coefficient (Wildman–Crippen LogP) is 1.34. The molecule has 1 N–H and O–H groups in total. The maximum atomic E-state index is 5.34. The van der Waals surface area contributed by atoms with Crippen molar-refractivity contribution in [2.24, 2.45) is 5.41 Å². The normalized spacial score (nSPS) is 27.6. The molecule has 2 unspecified atom stereocenters. The van der Waals surface area contributed by atoms with E-state index in [2.05, 4.69) is 38.0 Å². The SMILES string of the molecule is COC1CNC(CN(C)CC(C)(C)C)C1. The monoisotopic (exact) mass is 214 g/mol. The van der Waals surface area contributed by atoms with E-state index in [1.807, 2.05) is 0 Å². The maximum Gasteiger partial charge on any atom is 0.0711 e. The highest BCUT2D eigenvalue weighted by Crippen LogP contribution is 2.16. The third kappa shape index (κ3) is 4.96. The number of hydrogen-bond donors (Lipinski definition) is 1. The first-order valence-electron chi connectivity index (χ1n) is 5.85. The lowest BCUT2D eigenvalue weighted by atomic mass is 9.96. The number of likely N-dealkylation sites (N-methyl/N-ethyl adjacent to an activating group) is 1. The lowest BCUT2D eigenvalue weighted by Crippen LogP contribution is -2.39. The van der Waals surface area contributed by atoms with E-state index in [4.69, 9.17) is 4.74 Å². The van der Waals surface area contributed by atoms with Crippen LogP contribution in [-0.2, 0) is 4.74 Å². The zero-order chi connectivity index (χ0) is 11.5. The van der Waals surface area contributed by atoms with E-state index in [0.29, 0.717) is 17.6 Å². The Morgan fingerprint density at radius 3 is 2.53 bits per heavy atom. The molecule has 0 aromatic heterocycles. The summed E-state index contributed by atoms with van der Waals surface area (Å²) < 4.78 is 5.34. The number of hydrogen-bond acceptors (Lipinski definition) is 3. The summed E-state index contributed by atoms with van der Waals surface area (Å²) in [4.78, 5) is 2.41. The minimum atomic E-state index is 0.383. The van der Waals surface area contributed by atoms with Crippen molar-refractivity contribution in [2.45, 2.75) is 39.3 Å². The summed E-state index contributed by atoms with van der Waals surface area (Å²) in [5, 5.41) is 3.51. The smallest absolute Gasteiger partial charge is 0.0711 e. The van der Waals surface area contributed by atoms with Crippen LogP contribution < -0.4 is 5.32 Å². The van der Waals surface area contributed by atoms with Crippen molar-refractivity contribution in [3.05, 3.63) is 0 Å². The number of methoxy groups -OCH3 is 1. The summed E-state index contributed by atoms with van der Waals surface area (Å²) in [6.45, 7) is 10.1. The molecule has 0 bridgehead atoms. The molecule has 1 heterocycles. The Kier molecular flexibility index (Phi) is 4.56. The Bertz CT molecular complexity index is 189. The molecule has 2 atom stereocenters. The van der Waals surface area contributed by atoms with Crippen LogP contribution in [0.2, 0.25) is 0 Å². The number of rotatable bonds is 4. The van der Waals surface area contributed by atoms with Gasteiger partial charge in [-0.1, -0.05) is 20.8 Å². The second-order valence-electron chi connectivity index (χ2n) is 5.96. The topological polar surface area (TPSA) is 24.5 Å². The third-order valence-electron chi connectivity index (χ3n) is 2.79. The van der Waals surface area contributed by atoms with E-state index in [-0.39, 0.29) is 0 Å². The number of ether oxygens (including phenoxy) is 1. The summed E-state index contributed by atoms with van der Waals surface area (Å²) in [7, 11) is 4.00. The Balaban J connectivity index is 2.24. The van der Waals surface area contributed by atoms with Crippen molar-refractivity contribution in [1.29, 1.82) is 0 Å². The molecule has 3 nitrogen and oxygen atoms in total. The van der Waals surface area contributed by atoms with Crippen LogP contribution in [0, 0.1) is 5.41 Å². The zero-order valence-corrected chi connectivity index (χ0v) is 10.8. The quantitative estimate of drug-likeness (QED) is 0.764. The van der Waals surface area contributed by atoms with Crippen molar-refractivity contribution in [3.8, 4) is 0 Å². The summed E-state index contributed by atoms with van der Waals surface area (Å²) in [6, 6.07) is 0.599. The van der Waals surface area contributed by atoms with Crippen LogP contribution in [0.25, 0.3) is 0 Å². The van der Waals surface area contributed by atoms with Crippen LogP contribution in [0.5, 0.6) is 0 Å². The van der Waals surface area contributed by atoms with Crippen LogP contribution in [0.3, 0.4) is 0 Å². The summed E-state index contributed by atoms with van der Waals surface area (Å²) in [5.74, 6) is 0. The molecule has 90 valence electrons. The lowest BCUT2D eigenvalue weighted by molar-refractivity contribution is 0.115. The average Bonchev–Trinajstić information content (AvgIpc) is 2.48. The molecule has 0 radical (unpaired) electrons. The van der Waals surface area contributed by atoms with Gasteiger partial charge < -0.3 is 15.0 Å². The van der Waals surface area contributed by atoms with Crippen molar-refractivity contribution < 1.29 is 4.74 Å². The molecule has 0 aliphatic carbocycles. The highest BCUT2D eigenvalue weighted by molar-refractivity contribution is 4.84. The van der Waals surface area contributed by atoms with Gasteiger partial charge in [-0.2, -0.15) is 0 Å². The largest absolute Gasteiger partial charge is 0.380 e. The second-order valence-corrected chi connectivity index (χ2v) is 5.96. The highest BCUT2D eigenvalue weighted by atomic mass is 16.5. The summed E-state index contributed by atoms with van der Waals surface area (Å²) in [6.07, 6.45) is 1.56. The van der Waals surface area contributed by atoms with Crippen LogP contribution in [0.1, 0.15) is 27.2 Å². The first-order chi connectivity index (χ1) is 6.90. The van der Waals surface area contributed by atoms with Gasteiger partial charge in [-0.05, 0) is 18.9 Å². The number of nitrogens with zero attached hydrogens (tertiary/aromatic N) is 1. The van der Waals surface area contributed by atoms with Gasteiger partial charge >= 0.3 is 0 Å². The molecule has 1 fully saturated rings. The molecule has 3 heteroatoms. The Morgan fingerprint density at radius 2 is 2.07 bits per heavy atom. The van der Waals surface area contributed by atoms with Gasteiger partial charge in [-0.25, -0.2) is 0 Å². The molecule has 0 spiro atoms. The van der Waals surface area contributed by atoms with Crippen molar-refractivity contribution >= 4 is 0 Å². The van der Waals surface area contributed by atoms with Crippen molar-refractivity contribution in [1.82, 2.24) is 10.2 Å². The first-order valence-corrected chi connectivity index (χ1v) is 5.85. The molecule has 1 rings (SSSR count). The van der Waals surface area contributed by atoms with Crippen LogP contribution >= 0.6 is 0 Å². The van der Waals surface area contributed by atoms with Crippen LogP contribution in [0.4, 0.5) is 0 Å². The Labute approximate surface area is 94.2 Å². The zero-order valence-electron chi connectivity index (χ0n) is 10.8. The highest BCUT2D eigenvalue weighted by Gasteiger charge is 2.25. The fraction of sp³-hybridized carbons (Fsp3) is 1.00. The van der Waals surface area contributed by atoms with E-state index in [1.54, 1.807) is 7.11 Å². The fourth-order valence-corrected chi connectivity index (χ4v) is 2.35. The summed E-state index contributed by atoms with van der Waals surface area (Å²) >= 11 is 0. The van der Waals surface area contributed by atoms with Gasteiger partial charge in [-0.3, -0.25) is 0 Å². The molecule has 0 amide bonds. The first kappa shape index (κ1) is 12.9. The van der Waals surface area contributed by atoms with Gasteiger partial charge in [-0.15, -0.1) is 0 Å². The fourth-order valence-electron chi connectivity index (χ4n) is 2.35. The number of nitrogens with one attached hydrogen (secondary N) is 1. The predicted molar refractivity (Wildman–Crippen MR) is 64.2 cm³/mol. The van der Waals surface area contributed by atoms with E-state index in [1.165, 1.54) is 0 Å². The molecule has 0 aromatic carbocycles. The lowest BCUT2D eigenvalue weighted by Gasteiger charge is -2.28. The van der Waals surface area contributed by atoms with E-state index >= 15 is 0 Å². The molecule has 0 aromatic rings. The van der Waals surface area contributed by atoms with Crippen molar-refractivity contribution in [3.63, 3.8) is 0 Å². The Hall–Kier alpha value is -0.120. The standard InChI is InChI=1S/C12H26N2O/c1-12(2,3)9-14(4)8-10-6-11(15-5)7-13-10/h10-11,13H,6-9H2,1-5H3. The third-order valence-corrected chi connectivity index (χ3v) is 2.79. The minimum absolute atomic E-state index is 0.383. The molecule has 1 aliphatic rings. The van der Waals surface area contributed by atoms with Gasteiger partial charge in [0.15, 0.2) is 0 Å². The van der Waals surface area contributed by atoms with Gasteiger partial charge in [0.2, 0.25) is 0 Å².